The van der Waals surface area contributed by atoms with Crippen molar-refractivity contribution in [2.45, 2.75) is 20.3 Å². The summed E-state index contributed by atoms with van der Waals surface area (Å²) in [5.74, 6) is -0.0328. The second-order valence-electron chi connectivity index (χ2n) is 2.22. The highest BCUT2D eigenvalue weighted by Gasteiger charge is 2.07. The molecule has 0 radical (unpaired) electrons. The summed E-state index contributed by atoms with van der Waals surface area (Å²) in [7, 11) is 0. The zero-order valence-electron chi connectivity index (χ0n) is 6.39. The lowest BCUT2D eigenvalue weighted by molar-refractivity contribution is -0.125. The van der Waals surface area contributed by atoms with Crippen molar-refractivity contribution in [1.82, 2.24) is 5.32 Å². The van der Waals surface area contributed by atoms with Crippen LogP contribution in [0.1, 0.15) is 20.3 Å². The number of carbonyl (C=O) groups is 2. The fraction of sp³-hybridized carbons (Fsp3) is 0.714. The molecule has 0 aromatic rings. The molecule has 0 aromatic carbocycles. The van der Waals surface area contributed by atoms with E-state index in [4.69, 9.17) is 0 Å². The molecule has 1 amide bonds. The van der Waals surface area contributed by atoms with Crippen LogP contribution in [0.2, 0.25) is 0 Å². The highest BCUT2D eigenvalue weighted by atomic mass is 16.2. The largest absolute Gasteiger partial charge is 0.349 e. The van der Waals surface area contributed by atoms with Crippen LogP contribution in [0.4, 0.5) is 0 Å². The Morgan fingerprint density at radius 1 is 1.70 bits per heavy atom. The summed E-state index contributed by atoms with van der Waals surface area (Å²) in [6, 6.07) is 0. The van der Waals surface area contributed by atoms with E-state index in [1.165, 1.54) is 0 Å². The van der Waals surface area contributed by atoms with E-state index in [2.05, 4.69) is 5.32 Å². The summed E-state index contributed by atoms with van der Waals surface area (Å²) < 4.78 is 0. The molecule has 0 bridgehead atoms. The van der Waals surface area contributed by atoms with Gasteiger partial charge in [-0.15, -0.1) is 0 Å². The predicted octanol–water partition coefficient (Wildman–Crippen LogP) is 0.348. The highest BCUT2D eigenvalue weighted by Crippen LogP contribution is 1.98. The average molecular weight is 143 g/mol. The van der Waals surface area contributed by atoms with Crippen molar-refractivity contribution >= 4 is 12.2 Å². The van der Waals surface area contributed by atoms with Crippen molar-refractivity contribution in [3.05, 3.63) is 0 Å². The Morgan fingerprint density at radius 2 is 2.30 bits per heavy atom. The molecular formula is C7H13NO2. The average Bonchev–Trinajstić information content (AvgIpc) is 1.98. The lowest BCUT2D eigenvalue weighted by atomic mass is 10.1. The molecular weight excluding hydrogens is 130 g/mol. The van der Waals surface area contributed by atoms with Gasteiger partial charge < -0.3 is 10.1 Å². The van der Waals surface area contributed by atoms with Crippen molar-refractivity contribution in [2.75, 3.05) is 6.54 Å². The number of hydrogen-bond acceptors (Lipinski definition) is 2. The molecule has 0 aliphatic rings. The molecule has 1 unspecified atom stereocenters. The highest BCUT2D eigenvalue weighted by molar-refractivity contribution is 5.80. The molecule has 3 nitrogen and oxygen atoms in total. The summed E-state index contributed by atoms with van der Waals surface area (Å²) in [4.78, 5) is 20.7. The first-order chi connectivity index (χ1) is 4.72. The third-order valence-corrected chi connectivity index (χ3v) is 1.42. The third-order valence-electron chi connectivity index (χ3n) is 1.42. The van der Waals surface area contributed by atoms with E-state index in [0.717, 1.165) is 6.42 Å². The van der Waals surface area contributed by atoms with E-state index in [-0.39, 0.29) is 18.4 Å². The molecule has 1 atom stereocenters. The van der Waals surface area contributed by atoms with Gasteiger partial charge in [0.2, 0.25) is 5.91 Å². The summed E-state index contributed by atoms with van der Waals surface area (Å²) in [5.41, 5.74) is 0. The van der Waals surface area contributed by atoms with E-state index in [9.17, 15) is 9.59 Å². The molecule has 0 aliphatic heterocycles. The van der Waals surface area contributed by atoms with Crippen LogP contribution in [0.3, 0.4) is 0 Å². The Kier molecular flexibility index (Phi) is 4.54. The minimum atomic E-state index is -0.0467. The van der Waals surface area contributed by atoms with Gasteiger partial charge in [0.05, 0.1) is 6.54 Å². The van der Waals surface area contributed by atoms with Crippen LogP contribution in [0.15, 0.2) is 0 Å². The Morgan fingerprint density at radius 3 is 2.70 bits per heavy atom. The number of aldehydes is 1. The molecule has 0 aliphatic carbocycles. The van der Waals surface area contributed by atoms with Crippen molar-refractivity contribution in [3.8, 4) is 0 Å². The zero-order valence-corrected chi connectivity index (χ0v) is 6.39. The first-order valence-corrected chi connectivity index (χ1v) is 3.43. The SMILES string of the molecule is CCC(C)C(=O)NCC=O. The van der Waals surface area contributed by atoms with Gasteiger partial charge in [0.15, 0.2) is 0 Å². The Bertz CT molecular complexity index is 123. The lowest BCUT2D eigenvalue weighted by Gasteiger charge is -2.06. The first-order valence-electron chi connectivity index (χ1n) is 3.43. The zero-order chi connectivity index (χ0) is 7.98. The van der Waals surface area contributed by atoms with E-state index >= 15 is 0 Å². The fourth-order valence-corrected chi connectivity index (χ4v) is 0.502. The van der Waals surface area contributed by atoms with E-state index in [0.29, 0.717) is 6.29 Å². The molecule has 0 rings (SSSR count). The standard InChI is InChI=1S/C7H13NO2/c1-3-6(2)7(10)8-4-5-9/h5-6H,3-4H2,1-2H3,(H,8,10). The maximum atomic E-state index is 10.9. The van der Waals surface area contributed by atoms with Crippen LogP contribution in [0.5, 0.6) is 0 Å². The normalized spacial score (nSPS) is 12.2. The topological polar surface area (TPSA) is 46.2 Å². The van der Waals surface area contributed by atoms with E-state index in [1.54, 1.807) is 0 Å². The Balaban J connectivity index is 3.51. The van der Waals surface area contributed by atoms with Crippen LogP contribution in [-0.4, -0.2) is 18.7 Å². The number of nitrogens with one attached hydrogen (secondary N) is 1. The number of rotatable bonds is 4. The van der Waals surface area contributed by atoms with Gasteiger partial charge in [-0.2, -0.15) is 0 Å². The van der Waals surface area contributed by atoms with Crippen molar-refractivity contribution in [1.29, 1.82) is 0 Å². The molecule has 0 spiro atoms. The minimum absolute atomic E-state index is 0.0138. The van der Waals surface area contributed by atoms with Gasteiger partial charge in [-0.05, 0) is 6.42 Å². The third kappa shape index (κ3) is 3.22. The van der Waals surface area contributed by atoms with Crippen LogP contribution in [0.25, 0.3) is 0 Å². The molecule has 10 heavy (non-hydrogen) atoms. The molecule has 1 N–H and O–H groups in total. The lowest BCUT2D eigenvalue weighted by Crippen LogP contribution is -2.30. The molecule has 0 aromatic heterocycles. The molecule has 0 heterocycles. The molecule has 0 fully saturated rings. The van der Waals surface area contributed by atoms with Gasteiger partial charge in [-0.25, -0.2) is 0 Å². The van der Waals surface area contributed by atoms with Gasteiger partial charge in [-0.3, -0.25) is 4.79 Å². The monoisotopic (exact) mass is 143 g/mol. The second kappa shape index (κ2) is 4.97. The van der Waals surface area contributed by atoms with Crippen LogP contribution in [-0.2, 0) is 9.59 Å². The fourth-order valence-electron chi connectivity index (χ4n) is 0.502. The van der Waals surface area contributed by atoms with Crippen molar-refractivity contribution in [2.24, 2.45) is 5.92 Å². The molecule has 0 saturated heterocycles. The molecule has 58 valence electrons. The van der Waals surface area contributed by atoms with Gasteiger partial charge in [0.25, 0.3) is 0 Å². The quantitative estimate of drug-likeness (QED) is 0.577. The van der Waals surface area contributed by atoms with Crippen LogP contribution >= 0.6 is 0 Å². The van der Waals surface area contributed by atoms with Gasteiger partial charge in [-0.1, -0.05) is 13.8 Å². The van der Waals surface area contributed by atoms with Gasteiger partial charge in [0.1, 0.15) is 6.29 Å². The van der Waals surface area contributed by atoms with Crippen molar-refractivity contribution < 1.29 is 9.59 Å². The molecule has 3 heteroatoms. The van der Waals surface area contributed by atoms with E-state index in [1.807, 2.05) is 13.8 Å². The van der Waals surface area contributed by atoms with Crippen LogP contribution < -0.4 is 5.32 Å². The summed E-state index contributed by atoms with van der Waals surface area (Å²) in [6.07, 6.45) is 1.49. The Hall–Kier alpha value is -0.860. The van der Waals surface area contributed by atoms with E-state index < -0.39 is 0 Å². The predicted molar refractivity (Wildman–Crippen MR) is 38.5 cm³/mol. The maximum absolute atomic E-state index is 10.9. The summed E-state index contributed by atoms with van der Waals surface area (Å²) in [5, 5.41) is 2.48. The summed E-state index contributed by atoms with van der Waals surface area (Å²) in [6.45, 7) is 3.90. The Labute approximate surface area is 60.8 Å². The number of amides is 1. The van der Waals surface area contributed by atoms with Crippen molar-refractivity contribution in [3.63, 3.8) is 0 Å². The number of carbonyl (C=O) groups excluding carboxylic acids is 2. The number of hydrogen-bond donors (Lipinski definition) is 1. The van der Waals surface area contributed by atoms with Crippen LogP contribution in [0, 0.1) is 5.92 Å². The first kappa shape index (κ1) is 9.14. The molecule has 0 saturated carbocycles. The maximum Gasteiger partial charge on any atom is 0.223 e. The smallest absolute Gasteiger partial charge is 0.223 e. The minimum Gasteiger partial charge on any atom is -0.349 e. The van der Waals surface area contributed by atoms with Gasteiger partial charge in [0, 0.05) is 5.92 Å². The second-order valence-corrected chi connectivity index (χ2v) is 2.22. The summed E-state index contributed by atoms with van der Waals surface area (Å²) >= 11 is 0. The van der Waals surface area contributed by atoms with Gasteiger partial charge >= 0.3 is 0 Å².